The number of aryl methyl sites for hydroxylation is 1. The number of hydrogen-bond acceptors (Lipinski definition) is 3. The maximum atomic E-state index is 12.1. The Bertz CT molecular complexity index is 591. The zero-order valence-electron chi connectivity index (χ0n) is 11.6. The van der Waals surface area contributed by atoms with Gasteiger partial charge in [-0.2, -0.15) is 0 Å². The Labute approximate surface area is 122 Å². The molecule has 6 heteroatoms. The van der Waals surface area contributed by atoms with Gasteiger partial charge < -0.3 is 5.32 Å². The van der Waals surface area contributed by atoms with E-state index in [1.165, 1.54) is 0 Å². The smallest absolute Gasteiger partial charge is 0.291 e. The second-order valence-electron chi connectivity index (χ2n) is 4.99. The summed E-state index contributed by atoms with van der Waals surface area (Å²) < 4.78 is 0. The molecule has 20 heavy (non-hydrogen) atoms. The molecular formula is C14H17ClN4O. The number of nitrogens with zero attached hydrogens (tertiary/aromatic N) is 2. The summed E-state index contributed by atoms with van der Waals surface area (Å²) in [6.07, 6.45) is 0. The molecule has 2 N–H and O–H groups in total. The predicted molar refractivity (Wildman–Crippen MR) is 77.6 cm³/mol. The van der Waals surface area contributed by atoms with E-state index in [0.29, 0.717) is 10.8 Å². The fraction of sp³-hybridized carbons (Fsp3) is 0.357. The Kier molecular flexibility index (Phi) is 4.39. The van der Waals surface area contributed by atoms with Crippen LogP contribution in [-0.4, -0.2) is 21.1 Å². The number of aromatic amines is 1. The van der Waals surface area contributed by atoms with Gasteiger partial charge in [-0.05, 0) is 30.5 Å². The van der Waals surface area contributed by atoms with Gasteiger partial charge in [0.05, 0.1) is 6.04 Å². The highest BCUT2D eigenvalue weighted by Gasteiger charge is 2.21. The van der Waals surface area contributed by atoms with E-state index < -0.39 is 0 Å². The van der Waals surface area contributed by atoms with Crippen LogP contribution >= 0.6 is 11.6 Å². The van der Waals surface area contributed by atoms with Crippen molar-refractivity contribution < 1.29 is 4.79 Å². The molecule has 0 aliphatic heterocycles. The van der Waals surface area contributed by atoms with Gasteiger partial charge in [0, 0.05) is 5.02 Å². The molecule has 0 fully saturated rings. The van der Waals surface area contributed by atoms with E-state index in [-0.39, 0.29) is 23.7 Å². The van der Waals surface area contributed by atoms with Gasteiger partial charge in [0.25, 0.3) is 5.91 Å². The van der Waals surface area contributed by atoms with Crippen molar-refractivity contribution in [3.05, 3.63) is 46.5 Å². The molecule has 1 atom stereocenters. The average molecular weight is 293 g/mol. The van der Waals surface area contributed by atoms with E-state index in [1.54, 1.807) is 6.92 Å². The van der Waals surface area contributed by atoms with Gasteiger partial charge in [-0.3, -0.25) is 9.89 Å². The van der Waals surface area contributed by atoms with Gasteiger partial charge in [0.15, 0.2) is 0 Å². The molecule has 1 aromatic carbocycles. The van der Waals surface area contributed by atoms with E-state index in [4.69, 9.17) is 11.6 Å². The average Bonchev–Trinajstić information content (AvgIpc) is 2.83. The van der Waals surface area contributed by atoms with Crippen LogP contribution < -0.4 is 5.32 Å². The van der Waals surface area contributed by atoms with Crippen LogP contribution in [0.25, 0.3) is 0 Å². The van der Waals surface area contributed by atoms with E-state index in [9.17, 15) is 4.79 Å². The highest BCUT2D eigenvalue weighted by molar-refractivity contribution is 6.30. The molecular weight excluding hydrogens is 276 g/mol. The van der Waals surface area contributed by atoms with Crippen LogP contribution in [0.4, 0.5) is 0 Å². The minimum Gasteiger partial charge on any atom is -0.342 e. The molecule has 0 aliphatic carbocycles. The second kappa shape index (κ2) is 6.05. The summed E-state index contributed by atoms with van der Waals surface area (Å²) in [6.45, 7) is 5.84. The SMILES string of the molecule is Cc1nc(C(=O)NC(c2ccc(Cl)cc2)C(C)C)n[nH]1. The topological polar surface area (TPSA) is 70.7 Å². The fourth-order valence-electron chi connectivity index (χ4n) is 1.96. The van der Waals surface area contributed by atoms with Gasteiger partial charge >= 0.3 is 0 Å². The summed E-state index contributed by atoms with van der Waals surface area (Å²) in [5.74, 6) is 0.716. The van der Waals surface area contributed by atoms with Gasteiger partial charge in [0.1, 0.15) is 5.82 Å². The van der Waals surface area contributed by atoms with Gasteiger partial charge in [0.2, 0.25) is 5.82 Å². The molecule has 0 aliphatic rings. The number of amides is 1. The Hall–Kier alpha value is -1.88. The Morgan fingerprint density at radius 3 is 2.45 bits per heavy atom. The summed E-state index contributed by atoms with van der Waals surface area (Å²) >= 11 is 5.89. The number of halogens is 1. The van der Waals surface area contributed by atoms with E-state index in [0.717, 1.165) is 5.56 Å². The molecule has 0 radical (unpaired) electrons. The molecule has 1 aromatic heterocycles. The van der Waals surface area contributed by atoms with Gasteiger partial charge in [-0.25, -0.2) is 4.98 Å². The number of carbonyl (C=O) groups is 1. The second-order valence-corrected chi connectivity index (χ2v) is 5.43. The largest absolute Gasteiger partial charge is 0.342 e. The maximum Gasteiger partial charge on any atom is 0.291 e. The molecule has 2 aromatic rings. The minimum absolute atomic E-state index is 0.112. The molecule has 0 saturated heterocycles. The number of aromatic nitrogens is 3. The first-order valence-electron chi connectivity index (χ1n) is 6.42. The first kappa shape index (κ1) is 14.5. The Morgan fingerprint density at radius 1 is 1.30 bits per heavy atom. The Morgan fingerprint density at radius 2 is 1.95 bits per heavy atom. The van der Waals surface area contributed by atoms with Crippen molar-refractivity contribution in [2.45, 2.75) is 26.8 Å². The normalized spacial score (nSPS) is 12.4. The highest BCUT2D eigenvalue weighted by Crippen LogP contribution is 2.23. The molecule has 1 unspecified atom stereocenters. The van der Waals surface area contributed by atoms with E-state index in [1.807, 2.05) is 38.1 Å². The first-order valence-corrected chi connectivity index (χ1v) is 6.80. The number of hydrogen-bond donors (Lipinski definition) is 2. The van der Waals surface area contributed by atoms with Crippen molar-refractivity contribution in [2.24, 2.45) is 5.92 Å². The molecule has 1 heterocycles. The van der Waals surface area contributed by atoms with Crippen LogP contribution in [0.15, 0.2) is 24.3 Å². The van der Waals surface area contributed by atoms with Crippen LogP contribution in [0.2, 0.25) is 5.02 Å². The predicted octanol–water partition coefficient (Wildman–Crippen LogP) is 2.89. The number of nitrogens with one attached hydrogen (secondary N) is 2. The molecule has 0 saturated carbocycles. The maximum absolute atomic E-state index is 12.1. The number of benzene rings is 1. The lowest BCUT2D eigenvalue weighted by Gasteiger charge is -2.22. The third-order valence-electron chi connectivity index (χ3n) is 2.98. The monoisotopic (exact) mass is 292 g/mol. The lowest BCUT2D eigenvalue weighted by Crippen LogP contribution is -2.32. The summed E-state index contributed by atoms with van der Waals surface area (Å²) in [7, 11) is 0. The third kappa shape index (κ3) is 3.36. The minimum atomic E-state index is -0.289. The van der Waals surface area contributed by atoms with Gasteiger partial charge in [-0.15, -0.1) is 5.10 Å². The number of H-pyrrole nitrogens is 1. The van der Waals surface area contributed by atoms with Crippen molar-refractivity contribution in [1.82, 2.24) is 20.5 Å². The number of carbonyl (C=O) groups excluding carboxylic acids is 1. The van der Waals surface area contributed by atoms with E-state index >= 15 is 0 Å². The van der Waals surface area contributed by atoms with Crippen molar-refractivity contribution in [2.75, 3.05) is 0 Å². The Balaban J connectivity index is 2.17. The quantitative estimate of drug-likeness (QED) is 0.910. The fourth-order valence-corrected chi connectivity index (χ4v) is 2.08. The molecule has 2 rings (SSSR count). The van der Waals surface area contributed by atoms with Crippen LogP contribution in [0.1, 0.15) is 41.9 Å². The molecule has 0 spiro atoms. The lowest BCUT2D eigenvalue weighted by molar-refractivity contribution is 0.0915. The third-order valence-corrected chi connectivity index (χ3v) is 3.23. The van der Waals surface area contributed by atoms with Crippen LogP contribution in [-0.2, 0) is 0 Å². The van der Waals surface area contributed by atoms with Crippen molar-refractivity contribution >= 4 is 17.5 Å². The van der Waals surface area contributed by atoms with Crippen molar-refractivity contribution in [3.63, 3.8) is 0 Å². The molecule has 106 valence electrons. The van der Waals surface area contributed by atoms with Crippen LogP contribution in [0.5, 0.6) is 0 Å². The summed E-state index contributed by atoms with van der Waals surface area (Å²) in [6, 6.07) is 7.34. The highest BCUT2D eigenvalue weighted by atomic mass is 35.5. The van der Waals surface area contributed by atoms with Gasteiger partial charge in [-0.1, -0.05) is 37.6 Å². The molecule has 5 nitrogen and oxygen atoms in total. The molecule has 0 bridgehead atoms. The van der Waals surface area contributed by atoms with Crippen molar-refractivity contribution in [3.8, 4) is 0 Å². The van der Waals surface area contributed by atoms with Crippen molar-refractivity contribution in [1.29, 1.82) is 0 Å². The standard InChI is InChI=1S/C14H17ClN4O/c1-8(2)12(10-4-6-11(15)7-5-10)17-14(20)13-16-9(3)18-19-13/h4-8,12H,1-3H3,(H,17,20)(H,16,18,19). The summed E-state index contributed by atoms with van der Waals surface area (Å²) in [5.41, 5.74) is 1.00. The van der Waals surface area contributed by atoms with E-state index in [2.05, 4.69) is 20.5 Å². The summed E-state index contributed by atoms with van der Waals surface area (Å²) in [5, 5.41) is 10.2. The number of rotatable bonds is 4. The zero-order chi connectivity index (χ0) is 14.7. The lowest BCUT2D eigenvalue weighted by atomic mass is 9.96. The zero-order valence-corrected chi connectivity index (χ0v) is 12.4. The summed E-state index contributed by atoms with van der Waals surface area (Å²) in [4.78, 5) is 16.2. The first-order chi connectivity index (χ1) is 9.47. The van der Waals surface area contributed by atoms with Crippen LogP contribution in [0.3, 0.4) is 0 Å². The van der Waals surface area contributed by atoms with Crippen LogP contribution in [0, 0.1) is 12.8 Å². The molecule has 1 amide bonds.